The number of carbonyl (C=O) groups excluding carboxylic acids is 1. The van der Waals surface area contributed by atoms with Gasteiger partial charge in [-0.3, -0.25) is 4.79 Å². The Hall–Kier alpha value is -1.52. The van der Waals surface area contributed by atoms with Gasteiger partial charge in [-0.15, -0.1) is 0 Å². The number of halogens is 1. The third-order valence-electron chi connectivity index (χ3n) is 4.92. The minimum absolute atomic E-state index is 0.118. The number of carbonyl (C=O) groups is 1. The zero-order chi connectivity index (χ0) is 15.3. The first-order valence-corrected chi connectivity index (χ1v) is 8.17. The number of fused-ring (bicyclic) bond motifs is 3. The Morgan fingerprint density at radius 2 is 2.32 bits per heavy atom. The van der Waals surface area contributed by atoms with E-state index >= 15 is 0 Å². The van der Waals surface area contributed by atoms with Crippen LogP contribution in [0, 0.1) is 0 Å². The van der Waals surface area contributed by atoms with Gasteiger partial charge in [-0.25, -0.2) is 0 Å². The molecule has 1 N–H and O–H groups in total. The fourth-order valence-corrected chi connectivity index (χ4v) is 3.88. The molecule has 4 nitrogen and oxygen atoms in total. The largest absolute Gasteiger partial charge is 0.365 e. The van der Waals surface area contributed by atoms with Gasteiger partial charge in [0.25, 0.3) is 5.91 Å². The van der Waals surface area contributed by atoms with Crippen LogP contribution in [0.2, 0.25) is 5.02 Å². The van der Waals surface area contributed by atoms with Crippen molar-refractivity contribution in [3.05, 3.63) is 34.5 Å². The van der Waals surface area contributed by atoms with Crippen LogP contribution in [-0.2, 0) is 22.5 Å². The van der Waals surface area contributed by atoms with Crippen LogP contribution in [0.3, 0.4) is 0 Å². The Morgan fingerprint density at radius 3 is 3.09 bits per heavy atom. The van der Waals surface area contributed by atoms with Crippen LogP contribution in [0.25, 0.3) is 10.9 Å². The maximum atomic E-state index is 12.8. The van der Waals surface area contributed by atoms with Gasteiger partial charge in [0.15, 0.2) is 0 Å². The van der Waals surface area contributed by atoms with Crippen molar-refractivity contribution in [1.82, 2.24) is 9.88 Å². The lowest BCUT2D eigenvalue weighted by Gasteiger charge is -2.33. The van der Waals surface area contributed by atoms with E-state index in [9.17, 15) is 4.79 Å². The van der Waals surface area contributed by atoms with E-state index in [2.05, 4.69) is 11.1 Å². The molecule has 0 saturated carbocycles. The summed E-state index contributed by atoms with van der Waals surface area (Å²) in [4.78, 5) is 18.2. The molecule has 1 saturated heterocycles. The third kappa shape index (κ3) is 2.05. The van der Waals surface area contributed by atoms with Crippen molar-refractivity contribution in [3.63, 3.8) is 0 Å². The van der Waals surface area contributed by atoms with E-state index in [0.717, 1.165) is 41.7 Å². The molecular weight excluding hydrogens is 300 g/mol. The number of rotatable bonds is 1. The summed E-state index contributed by atoms with van der Waals surface area (Å²) in [6.07, 6.45) is 2.61. The van der Waals surface area contributed by atoms with Gasteiger partial charge in [-0.1, -0.05) is 23.7 Å². The number of hydrogen-bond donors (Lipinski definition) is 1. The van der Waals surface area contributed by atoms with Gasteiger partial charge in [0.2, 0.25) is 0 Å². The SMILES string of the molecule is CC1(C(=O)N2CCc3[nH]c4c(Cl)cccc4c3C2)CCCO1. The maximum absolute atomic E-state index is 12.8. The highest BCUT2D eigenvalue weighted by molar-refractivity contribution is 6.35. The fraction of sp³-hybridized carbons (Fsp3) is 0.471. The molecule has 2 aliphatic rings. The number of aromatic amines is 1. The van der Waals surface area contributed by atoms with Crippen molar-refractivity contribution >= 4 is 28.4 Å². The quantitative estimate of drug-likeness (QED) is 0.877. The molecule has 1 fully saturated rings. The summed E-state index contributed by atoms with van der Waals surface area (Å²) in [6.45, 7) is 3.97. The van der Waals surface area contributed by atoms with E-state index in [4.69, 9.17) is 16.3 Å². The molecule has 1 unspecified atom stereocenters. The van der Waals surface area contributed by atoms with Crippen molar-refractivity contribution in [3.8, 4) is 0 Å². The molecule has 1 atom stereocenters. The normalized spacial score (nSPS) is 24.7. The van der Waals surface area contributed by atoms with Crippen molar-refractivity contribution in [2.45, 2.75) is 38.3 Å². The number of nitrogens with zero attached hydrogens (tertiary/aromatic N) is 1. The molecule has 1 amide bonds. The number of amides is 1. The lowest BCUT2D eigenvalue weighted by atomic mass is 9.98. The summed E-state index contributed by atoms with van der Waals surface area (Å²) in [6, 6.07) is 5.92. The van der Waals surface area contributed by atoms with E-state index < -0.39 is 5.60 Å². The minimum Gasteiger partial charge on any atom is -0.365 e. The first-order chi connectivity index (χ1) is 10.6. The summed E-state index contributed by atoms with van der Waals surface area (Å²) in [7, 11) is 0. The van der Waals surface area contributed by atoms with Gasteiger partial charge in [0.1, 0.15) is 5.60 Å². The molecule has 4 rings (SSSR count). The van der Waals surface area contributed by atoms with Gasteiger partial charge < -0.3 is 14.6 Å². The predicted molar refractivity (Wildman–Crippen MR) is 86.0 cm³/mol. The molecule has 0 radical (unpaired) electrons. The summed E-state index contributed by atoms with van der Waals surface area (Å²) >= 11 is 6.27. The van der Waals surface area contributed by atoms with Crippen LogP contribution in [-0.4, -0.2) is 34.5 Å². The fourth-order valence-electron chi connectivity index (χ4n) is 3.66. The van der Waals surface area contributed by atoms with Gasteiger partial charge in [0, 0.05) is 42.8 Å². The number of ether oxygens (including phenoxy) is 1. The highest BCUT2D eigenvalue weighted by Gasteiger charge is 2.41. The lowest BCUT2D eigenvalue weighted by molar-refractivity contribution is -0.152. The molecule has 2 aliphatic heterocycles. The van der Waals surface area contributed by atoms with Crippen LogP contribution in [0.4, 0.5) is 0 Å². The smallest absolute Gasteiger partial charge is 0.254 e. The topological polar surface area (TPSA) is 45.3 Å². The monoisotopic (exact) mass is 318 g/mol. The molecule has 0 bridgehead atoms. The zero-order valence-corrected chi connectivity index (χ0v) is 13.4. The lowest BCUT2D eigenvalue weighted by Crippen LogP contribution is -2.48. The number of benzene rings is 1. The Balaban J connectivity index is 1.68. The molecule has 116 valence electrons. The second-order valence-electron chi connectivity index (χ2n) is 6.40. The highest BCUT2D eigenvalue weighted by Crippen LogP contribution is 2.34. The number of para-hydroxylation sites is 1. The molecule has 0 spiro atoms. The molecule has 5 heteroatoms. The summed E-state index contributed by atoms with van der Waals surface area (Å²) < 4.78 is 5.71. The van der Waals surface area contributed by atoms with Crippen molar-refractivity contribution in [2.24, 2.45) is 0 Å². The van der Waals surface area contributed by atoms with Gasteiger partial charge in [-0.05, 0) is 25.8 Å². The number of H-pyrrole nitrogens is 1. The summed E-state index contributed by atoms with van der Waals surface area (Å²) in [5.41, 5.74) is 2.73. The maximum Gasteiger partial charge on any atom is 0.254 e. The Morgan fingerprint density at radius 1 is 1.45 bits per heavy atom. The Labute approximate surface area is 134 Å². The van der Waals surface area contributed by atoms with Gasteiger partial charge in [-0.2, -0.15) is 0 Å². The third-order valence-corrected chi connectivity index (χ3v) is 5.23. The van der Waals surface area contributed by atoms with E-state index in [0.29, 0.717) is 13.2 Å². The molecule has 22 heavy (non-hydrogen) atoms. The summed E-state index contributed by atoms with van der Waals surface area (Å²) in [5.74, 6) is 0.118. The predicted octanol–water partition coefficient (Wildman–Crippen LogP) is 3.28. The van der Waals surface area contributed by atoms with Crippen LogP contribution in [0.1, 0.15) is 31.0 Å². The van der Waals surface area contributed by atoms with Crippen LogP contribution in [0.5, 0.6) is 0 Å². The summed E-state index contributed by atoms with van der Waals surface area (Å²) in [5, 5.41) is 1.85. The number of hydrogen-bond acceptors (Lipinski definition) is 2. The van der Waals surface area contributed by atoms with Crippen molar-refractivity contribution in [2.75, 3.05) is 13.2 Å². The minimum atomic E-state index is -0.638. The average molecular weight is 319 g/mol. The van der Waals surface area contributed by atoms with Crippen LogP contribution >= 0.6 is 11.6 Å². The van der Waals surface area contributed by atoms with E-state index in [1.54, 1.807) is 0 Å². The zero-order valence-electron chi connectivity index (χ0n) is 12.6. The van der Waals surface area contributed by atoms with E-state index in [1.165, 1.54) is 11.3 Å². The molecule has 1 aromatic heterocycles. The second-order valence-corrected chi connectivity index (χ2v) is 6.81. The highest BCUT2D eigenvalue weighted by atomic mass is 35.5. The van der Waals surface area contributed by atoms with Crippen molar-refractivity contribution < 1.29 is 9.53 Å². The number of aromatic nitrogens is 1. The molecule has 0 aliphatic carbocycles. The first-order valence-electron chi connectivity index (χ1n) is 7.80. The Kier molecular flexibility index (Phi) is 3.20. The van der Waals surface area contributed by atoms with Crippen LogP contribution < -0.4 is 0 Å². The van der Waals surface area contributed by atoms with E-state index in [1.807, 2.05) is 24.0 Å². The molecular formula is C17H19ClN2O2. The molecule has 2 aromatic rings. The molecule has 3 heterocycles. The van der Waals surface area contributed by atoms with Gasteiger partial charge in [0.05, 0.1) is 10.5 Å². The van der Waals surface area contributed by atoms with Crippen molar-refractivity contribution in [1.29, 1.82) is 0 Å². The van der Waals surface area contributed by atoms with Gasteiger partial charge >= 0.3 is 0 Å². The second kappa shape index (κ2) is 5.00. The van der Waals surface area contributed by atoms with E-state index in [-0.39, 0.29) is 5.91 Å². The number of nitrogens with one attached hydrogen (secondary N) is 1. The molecule has 1 aromatic carbocycles. The first kappa shape index (κ1) is 14.1. The average Bonchev–Trinajstić information content (AvgIpc) is 3.12. The Bertz CT molecular complexity index is 746. The van der Waals surface area contributed by atoms with Crippen LogP contribution in [0.15, 0.2) is 18.2 Å². The standard InChI is InChI=1S/C17H19ClN2O2/c1-17(7-3-9-22-17)16(21)20-8-6-14-12(10-20)11-4-2-5-13(18)15(11)19-14/h2,4-5,19H,3,6-10H2,1H3.